The molecule has 1 aliphatic heterocycles. The third kappa shape index (κ3) is 3.42. The van der Waals surface area contributed by atoms with E-state index in [1.54, 1.807) is 4.90 Å². The Morgan fingerprint density at radius 1 is 1.41 bits per heavy atom. The van der Waals surface area contributed by atoms with E-state index in [4.69, 9.17) is 0 Å². The van der Waals surface area contributed by atoms with E-state index in [1.807, 2.05) is 21.0 Å². The van der Waals surface area contributed by atoms with Gasteiger partial charge in [-0.2, -0.15) is 0 Å². The third-order valence-corrected chi connectivity index (χ3v) is 3.80. The molecule has 1 N–H and O–H groups in total. The molecule has 0 aromatic rings. The summed E-state index contributed by atoms with van der Waals surface area (Å²) in [5.74, 6) is 0.209. The van der Waals surface area contributed by atoms with Gasteiger partial charge < -0.3 is 10.2 Å². The summed E-state index contributed by atoms with van der Waals surface area (Å²) in [4.78, 5) is 16.1. The number of nitrogens with zero attached hydrogens (tertiary/aromatic N) is 2. The minimum atomic E-state index is -0.00824. The van der Waals surface area contributed by atoms with Gasteiger partial charge in [0.25, 0.3) is 0 Å². The fraction of sp³-hybridized carbons (Fsp3) is 0.923. The normalized spacial score (nSPS) is 27.8. The summed E-state index contributed by atoms with van der Waals surface area (Å²) in [6.45, 7) is 8.40. The summed E-state index contributed by atoms with van der Waals surface area (Å²) in [7, 11) is 3.67. The van der Waals surface area contributed by atoms with Crippen LogP contribution in [0, 0.1) is 0 Å². The molecule has 1 saturated heterocycles. The molecular weight excluding hydrogens is 214 g/mol. The van der Waals surface area contributed by atoms with Gasteiger partial charge in [0.15, 0.2) is 0 Å². The Morgan fingerprint density at radius 3 is 2.53 bits per heavy atom. The standard InChI is InChI=1S/C13H27N3O/c1-6-11-9-16(12(7-2)8-14-11)10(3)13(17)15(4)5/h10-12,14H,6-9H2,1-5H3. The molecule has 0 aromatic heterocycles. The highest BCUT2D eigenvalue weighted by Gasteiger charge is 2.32. The molecule has 1 fully saturated rings. The highest BCUT2D eigenvalue weighted by Crippen LogP contribution is 2.16. The Kier molecular flexibility index (Phi) is 5.40. The Bertz CT molecular complexity index is 255. The van der Waals surface area contributed by atoms with Crippen LogP contribution in [0.5, 0.6) is 0 Å². The van der Waals surface area contributed by atoms with Crippen LogP contribution in [0.25, 0.3) is 0 Å². The largest absolute Gasteiger partial charge is 0.347 e. The van der Waals surface area contributed by atoms with Gasteiger partial charge in [-0.15, -0.1) is 0 Å². The number of rotatable bonds is 4. The second kappa shape index (κ2) is 6.36. The zero-order valence-corrected chi connectivity index (χ0v) is 11.9. The first-order valence-corrected chi connectivity index (χ1v) is 6.71. The number of hydrogen-bond acceptors (Lipinski definition) is 3. The molecule has 17 heavy (non-hydrogen) atoms. The lowest BCUT2D eigenvalue weighted by Crippen LogP contribution is -2.61. The SMILES string of the molecule is CCC1CN(C(C)C(=O)N(C)C)C(CC)CN1. The topological polar surface area (TPSA) is 35.6 Å². The summed E-state index contributed by atoms with van der Waals surface area (Å²) in [6, 6.07) is 0.998. The molecule has 1 rings (SSSR count). The summed E-state index contributed by atoms with van der Waals surface area (Å²) >= 11 is 0. The zero-order chi connectivity index (χ0) is 13.0. The van der Waals surface area contributed by atoms with E-state index in [0.29, 0.717) is 12.1 Å². The molecule has 4 nitrogen and oxygen atoms in total. The van der Waals surface area contributed by atoms with Crippen LogP contribution in [0.3, 0.4) is 0 Å². The average Bonchev–Trinajstić information content (AvgIpc) is 2.35. The van der Waals surface area contributed by atoms with Crippen LogP contribution in [0.15, 0.2) is 0 Å². The molecule has 0 aromatic carbocycles. The maximum absolute atomic E-state index is 12.1. The van der Waals surface area contributed by atoms with Gasteiger partial charge in [-0.1, -0.05) is 13.8 Å². The second-order valence-electron chi connectivity index (χ2n) is 5.18. The average molecular weight is 241 g/mol. The minimum Gasteiger partial charge on any atom is -0.347 e. The van der Waals surface area contributed by atoms with Crippen molar-refractivity contribution in [3.63, 3.8) is 0 Å². The highest BCUT2D eigenvalue weighted by atomic mass is 16.2. The number of likely N-dealkylation sites (N-methyl/N-ethyl adjacent to an activating group) is 1. The first-order valence-electron chi connectivity index (χ1n) is 6.71. The Balaban J connectivity index is 2.72. The Hall–Kier alpha value is -0.610. The van der Waals surface area contributed by atoms with Crippen molar-refractivity contribution in [3.8, 4) is 0 Å². The quantitative estimate of drug-likeness (QED) is 0.795. The van der Waals surface area contributed by atoms with Crippen LogP contribution in [-0.2, 0) is 4.79 Å². The van der Waals surface area contributed by atoms with Crippen molar-refractivity contribution < 1.29 is 4.79 Å². The summed E-state index contributed by atoms with van der Waals surface area (Å²) in [6.07, 6.45) is 2.21. The molecule has 1 heterocycles. The molecule has 4 heteroatoms. The molecule has 0 saturated carbocycles. The van der Waals surface area contributed by atoms with Crippen molar-refractivity contribution >= 4 is 5.91 Å². The zero-order valence-electron chi connectivity index (χ0n) is 11.9. The minimum absolute atomic E-state index is 0.00824. The lowest BCUT2D eigenvalue weighted by molar-refractivity contribution is -0.135. The number of carbonyl (C=O) groups is 1. The van der Waals surface area contributed by atoms with Gasteiger partial charge in [-0.3, -0.25) is 9.69 Å². The number of nitrogens with one attached hydrogen (secondary N) is 1. The summed E-state index contributed by atoms with van der Waals surface area (Å²) in [5, 5.41) is 3.56. The first kappa shape index (κ1) is 14.5. The maximum Gasteiger partial charge on any atom is 0.239 e. The monoisotopic (exact) mass is 241 g/mol. The Morgan fingerprint density at radius 2 is 2.06 bits per heavy atom. The maximum atomic E-state index is 12.1. The van der Waals surface area contributed by atoms with Crippen LogP contribution >= 0.6 is 0 Å². The fourth-order valence-electron chi connectivity index (χ4n) is 2.53. The van der Waals surface area contributed by atoms with Crippen molar-refractivity contribution in [3.05, 3.63) is 0 Å². The van der Waals surface area contributed by atoms with E-state index in [-0.39, 0.29) is 11.9 Å². The van der Waals surface area contributed by atoms with Crippen molar-refractivity contribution in [2.45, 2.75) is 51.7 Å². The van der Waals surface area contributed by atoms with Crippen molar-refractivity contribution in [2.24, 2.45) is 0 Å². The lowest BCUT2D eigenvalue weighted by Gasteiger charge is -2.43. The van der Waals surface area contributed by atoms with Crippen LogP contribution in [0.1, 0.15) is 33.6 Å². The van der Waals surface area contributed by atoms with Gasteiger partial charge in [0.05, 0.1) is 6.04 Å². The predicted molar refractivity (Wildman–Crippen MR) is 71.0 cm³/mol. The number of piperazine rings is 1. The molecular formula is C13H27N3O. The molecule has 3 atom stereocenters. The van der Waals surface area contributed by atoms with Gasteiger partial charge in [0, 0.05) is 39.3 Å². The smallest absolute Gasteiger partial charge is 0.239 e. The van der Waals surface area contributed by atoms with Crippen molar-refractivity contribution in [1.29, 1.82) is 0 Å². The highest BCUT2D eigenvalue weighted by molar-refractivity contribution is 5.81. The molecule has 0 radical (unpaired) electrons. The van der Waals surface area contributed by atoms with Crippen molar-refractivity contribution in [1.82, 2.24) is 15.1 Å². The van der Waals surface area contributed by atoms with Crippen LogP contribution < -0.4 is 5.32 Å². The van der Waals surface area contributed by atoms with E-state index in [2.05, 4.69) is 24.1 Å². The first-order chi connectivity index (χ1) is 8.01. The van der Waals surface area contributed by atoms with E-state index >= 15 is 0 Å². The van der Waals surface area contributed by atoms with E-state index in [9.17, 15) is 4.79 Å². The molecule has 0 bridgehead atoms. The van der Waals surface area contributed by atoms with Crippen LogP contribution in [0.4, 0.5) is 0 Å². The molecule has 1 amide bonds. The summed E-state index contributed by atoms with van der Waals surface area (Å²) < 4.78 is 0. The Labute approximate surface area is 105 Å². The number of amides is 1. The molecule has 100 valence electrons. The van der Waals surface area contributed by atoms with E-state index in [1.165, 1.54) is 0 Å². The fourth-order valence-corrected chi connectivity index (χ4v) is 2.53. The summed E-state index contributed by atoms with van der Waals surface area (Å²) in [5.41, 5.74) is 0. The number of hydrogen-bond donors (Lipinski definition) is 1. The van der Waals surface area contributed by atoms with E-state index < -0.39 is 0 Å². The van der Waals surface area contributed by atoms with Crippen LogP contribution in [0.2, 0.25) is 0 Å². The lowest BCUT2D eigenvalue weighted by atomic mass is 10.0. The van der Waals surface area contributed by atoms with Gasteiger partial charge in [0.1, 0.15) is 0 Å². The van der Waals surface area contributed by atoms with Gasteiger partial charge in [-0.05, 0) is 19.8 Å². The third-order valence-electron chi connectivity index (χ3n) is 3.80. The van der Waals surface area contributed by atoms with Crippen LogP contribution in [-0.4, -0.2) is 61.0 Å². The molecule has 1 aliphatic rings. The van der Waals surface area contributed by atoms with Gasteiger partial charge >= 0.3 is 0 Å². The molecule has 3 unspecified atom stereocenters. The molecule has 0 aliphatic carbocycles. The van der Waals surface area contributed by atoms with E-state index in [0.717, 1.165) is 25.9 Å². The molecule has 0 spiro atoms. The van der Waals surface area contributed by atoms with Gasteiger partial charge in [-0.25, -0.2) is 0 Å². The number of carbonyl (C=O) groups excluding carboxylic acids is 1. The predicted octanol–water partition coefficient (Wildman–Crippen LogP) is 0.926. The van der Waals surface area contributed by atoms with Gasteiger partial charge in [0.2, 0.25) is 5.91 Å². The second-order valence-corrected chi connectivity index (χ2v) is 5.18. The van der Waals surface area contributed by atoms with Crippen molar-refractivity contribution in [2.75, 3.05) is 27.2 Å².